The Kier molecular flexibility index (Phi) is 7.28. The molecular formula is C17H16I2N2O3. The molecule has 0 aliphatic heterocycles. The van der Waals surface area contributed by atoms with Gasteiger partial charge in [0.1, 0.15) is 6.61 Å². The first kappa shape index (κ1) is 19.0. The van der Waals surface area contributed by atoms with Gasteiger partial charge in [-0.15, -0.1) is 0 Å². The average Bonchev–Trinajstić information content (AvgIpc) is 2.54. The third-order valence-electron chi connectivity index (χ3n) is 2.98. The highest BCUT2D eigenvalue weighted by molar-refractivity contribution is 14.1. The number of hydrogen-bond donors (Lipinski definition) is 1. The second-order valence-corrected chi connectivity index (χ2v) is 7.28. The number of hydrogen-bond acceptors (Lipinski definition) is 4. The Hall–Kier alpha value is -1.36. The van der Waals surface area contributed by atoms with Crippen LogP contribution in [0.5, 0.6) is 11.5 Å². The number of halogens is 2. The summed E-state index contributed by atoms with van der Waals surface area (Å²) < 4.78 is 13.4. The largest absolute Gasteiger partial charge is 0.493 e. The normalized spacial score (nSPS) is 10.7. The summed E-state index contributed by atoms with van der Waals surface area (Å²) in [5, 5.41) is 3.86. The Morgan fingerprint density at radius 3 is 2.58 bits per heavy atom. The van der Waals surface area contributed by atoms with Crippen molar-refractivity contribution in [3.63, 3.8) is 0 Å². The van der Waals surface area contributed by atoms with Crippen molar-refractivity contribution in [2.75, 3.05) is 7.11 Å². The van der Waals surface area contributed by atoms with Crippen LogP contribution in [0.4, 0.5) is 0 Å². The van der Waals surface area contributed by atoms with E-state index in [1.807, 2.05) is 36.4 Å². The van der Waals surface area contributed by atoms with Crippen LogP contribution < -0.4 is 14.9 Å². The molecule has 7 heteroatoms. The Labute approximate surface area is 168 Å². The van der Waals surface area contributed by atoms with Gasteiger partial charge in [0.2, 0.25) is 5.91 Å². The maximum Gasteiger partial charge on any atom is 0.236 e. The molecule has 0 aliphatic rings. The first-order valence-corrected chi connectivity index (χ1v) is 9.19. The number of benzene rings is 2. The summed E-state index contributed by atoms with van der Waals surface area (Å²) in [6, 6.07) is 11.9. The highest BCUT2D eigenvalue weighted by Gasteiger charge is 2.11. The van der Waals surface area contributed by atoms with Gasteiger partial charge in [0.15, 0.2) is 11.5 Å². The van der Waals surface area contributed by atoms with Gasteiger partial charge in [-0.1, -0.05) is 12.1 Å². The van der Waals surface area contributed by atoms with E-state index in [4.69, 9.17) is 9.47 Å². The van der Waals surface area contributed by atoms with Gasteiger partial charge in [-0.2, -0.15) is 5.10 Å². The zero-order chi connectivity index (χ0) is 17.5. The lowest BCUT2D eigenvalue weighted by Gasteiger charge is -2.13. The lowest BCUT2D eigenvalue weighted by Crippen LogP contribution is -2.12. The second kappa shape index (κ2) is 9.21. The molecule has 0 saturated heterocycles. The van der Waals surface area contributed by atoms with Crippen molar-refractivity contribution in [3.8, 4) is 11.5 Å². The number of amides is 1. The van der Waals surface area contributed by atoms with E-state index in [1.165, 1.54) is 10.5 Å². The molecule has 0 unspecified atom stereocenters. The molecule has 0 spiro atoms. The molecular weight excluding hydrogens is 534 g/mol. The Bertz CT molecular complexity index is 746. The van der Waals surface area contributed by atoms with Gasteiger partial charge in [-0.05, 0) is 80.6 Å². The third kappa shape index (κ3) is 5.62. The molecule has 1 N–H and O–H groups in total. The van der Waals surface area contributed by atoms with Crippen LogP contribution in [-0.4, -0.2) is 19.2 Å². The molecule has 126 valence electrons. The Balaban J connectivity index is 2.15. The van der Waals surface area contributed by atoms with Crippen LogP contribution in [0, 0.1) is 7.14 Å². The smallest absolute Gasteiger partial charge is 0.236 e. The van der Waals surface area contributed by atoms with Crippen molar-refractivity contribution in [2.24, 2.45) is 5.10 Å². The first-order valence-electron chi connectivity index (χ1n) is 7.04. The summed E-state index contributed by atoms with van der Waals surface area (Å²) >= 11 is 4.46. The van der Waals surface area contributed by atoms with Crippen LogP contribution in [-0.2, 0) is 11.4 Å². The fourth-order valence-corrected chi connectivity index (χ4v) is 3.03. The molecule has 2 aromatic rings. The molecule has 0 saturated carbocycles. The number of hydrazone groups is 1. The van der Waals surface area contributed by atoms with E-state index in [1.54, 1.807) is 13.3 Å². The van der Waals surface area contributed by atoms with Gasteiger partial charge < -0.3 is 9.47 Å². The molecule has 1 amide bonds. The van der Waals surface area contributed by atoms with Crippen molar-refractivity contribution in [2.45, 2.75) is 13.5 Å². The third-order valence-corrected chi connectivity index (χ3v) is 4.50. The molecule has 0 heterocycles. The quantitative estimate of drug-likeness (QED) is 0.337. The minimum Gasteiger partial charge on any atom is -0.493 e. The van der Waals surface area contributed by atoms with Gasteiger partial charge in [-0.25, -0.2) is 5.43 Å². The minimum atomic E-state index is -0.217. The van der Waals surface area contributed by atoms with Crippen molar-refractivity contribution in [1.82, 2.24) is 5.43 Å². The monoisotopic (exact) mass is 550 g/mol. The zero-order valence-corrected chi connectivity index (χ0v) is 17.5. The number of carbonyl (C=O) groups excluding carboxylic acids is 1. The van der Waals surface area contributed by atoms with E-state index in [0.29, 0.717) is 18.1 Å². The Morgan fingerprint density at radius 1 is 1.25 bits per heavy atom. The molecule has 2 aromatic carbocycles. The standard InChI is InChI=1S/C17H16I2N2O3/c1-11(22)21-20-9-13-7-15(19)17(16(8-13)23-2)24-10-12-3-5-14(18)6-4-12/h3-9H,10H2,1-2H3,(H,21,22)/b20-9-. The van der Waals surface area contributed by atoms with E-state index in [9.17, 15) is 4.79 Å². The van der Waals surface area contributed by atoms with Crippen molar-refractivity contribution in [3.05, 3.63) is 54.7 Å². The number of methoxy groups -OCH3 is 1. The highest BCUT2D eigenvalue weighted by Crippen LogP contribution is 2.34. The highest BCUT2D eigenvalue weighted by atomic mass is 127. The molecule has 0 bridgehead atoms. The minimum absolute atomic E-state index is 0.217. The molecule has 24 heavy (non-hydrogen) atoms. The summed E-state index contributed by atoms with van der Waals surface area (Å²) in [6.07, 6.45) is 1.56. The van der Waals surface area contributed by atoms with Crippen LogP contribution in [0.15, 0.2) is 41.5 Å². The van der Waals surface area contributed by atoms with Crippen LogP contribution in [0.3, 0.4) is 0 Å². The number of rotatable bonds is 6. The molecule has 0 radical (unpaired) electrons. The predicted octanol–water partition coefficient (Wildman–Crippen LogP) is 3.95. The summed E-state index contributed by atoms with van der Waals surface area (Å²) in [5.74, 6) is 1.09. The van der Waals surface area contributed by atoms with Gasteiger partial charge in [0, 0.05) is 10.5 Å². The number of ether oxygens (including phenoxy) is 2. The molecule has 0 fully saturated rings. The molecule has 2 rings (SSSR count). The van der Waals surface area contributed by atoms with Crippen LogP contribution in [0.1, 0.15) is 18.1 Å². The summed E-state index contributed by atoms with van der Waals surface area (Å²) in [5.41, 5.74) is 4.27. The Morgan fingerprint density at radius 2 is 1.96 bits per heavy atom. The topological polar surface area (TPSA) is 59.9 Å². The number of nitrogens with zero attached hydrogens (tertiary/aromatic N) is 1. The summed E-state index contributed by atoms with van der Waals surface area (Å²) in [4.78, 5) is 10.8. The number of carbonyl (C=O) groups is 1. The van der Waals surface area contributed by atoms with Gasteiger partial charge >= 0.3 is 0 Å². The first-order chi connectivity index (χ1) is 11.5. The average molecular weight is 550 g/mol. The summed E-state index contributed by atoms with van der Waals surface area (Å²) in [7, 11) is 1.60. The van der Waals surface area contributed by atoms with Crippen LogP contribution in [0.2, 0.25) is 0 Å². The summed E-state index contributed by atoms with van der Waals surface area (Å²) in [6.45, 7) is 1.87. The van der Waals surface area contributed by atoms with Gasteiger partial charge in [0.25, 0.3) is 0 Å². The van der Waals surface area contributed by atoms with Crippen molar-refractivity contribution >= 4 is 57.3 Å². The SMILES string of the molecule is COc1cc(/C=N\NC(C)=O)cc(I)c1OCc1ccc(I)cc1. The van der Waals surface area contributed by atoms with Crippen LogP contribution >= 0.6 is 45.2 Å². The van der Waals surface area contributed by atoms with Gasteiger partial charge in [0.05, 0.1) is 16.9 Å². The number of nitrogens with one attached hydrogen (secondary N) is 1. The maximum atomic E-state index is 10.8. The molecule has 5 nitrogen and oxygen atoms in total. The lowest BCUT2D eigenvalue weighted by atomic mass is 10.2. The van der Waals surface area contributed by atoms with E-state index in [2.05, 4.69) is 55.7 Å². The fourth-order valence-electron chi connectivity index (χ4n) is 1.89. The lowest BCUT2D eigenvalue weighted by molar-refractivity contribution is -0.118. The van der Waals surface area contributed by atoms with E-state index in [-0.39, 0.29) is 5.91 Å². The zero-order valence-electron chi connectivity index (χ0n) is 13.2. The van der Waals surface area contributed by atoms with E-state index >= 15 is 0 Å². The molecule has 0 aromatic heterocycles. The van der Waals surface area contributed by atoms with Crippen LogP contribution in [0.25, 0.3) is 0 Å². The van der Waals surface area contributed by atoms with Gasteiger partial charge in [-0.3, -0.25) is 4.79 Å². The van der Waals surface area contributed by atoms with E-state index in [0.717, 1.165) is 14.7 Å². The predicted molar refractivity (Wildman–Crippen MR) is 111 cm³/mol. The maximum absolute atomic E-state index is 10.8. The van der Waals surface area contributed by atoms with Crippen molar-refractivity contribution < 1.29 is 14.3 Å². The van der Waals surface area contributed by atoms with Crippen molar-refractivity contribution in [1.29, 1.82) is 0 Å². The fraction of sp³-hybridized carbons (Fsp3) is 0.176. The van der Waals surface area contributed by atoms with E-state index < -0.39 is 0 Å². The molecule has 0 atom stereocenters. The molecule has 0 aliphatic carbocycles. The second-order valence-electron chi connectivity index (χ2n) is 4.88.